The third-order valence-corrected chi connectivity index (χ3v) is 4.83. The van der Waals surface area contributed by atoms with Crippen molar-refractivity contribution in [1.82, 2.24) is 10.2 Å². The lowest BCUT2D eigenvalue weighted by molar-refractivity contribution is -0.124. The molecule has 1 aromatic carbocycles. The fraction of sp³-hybridized carbons (Fsp3) is 0.667. The molecule has 2 rings (SSSR count). The number of hydrogen-bond donors (Lipinski definition) is 1. The van der Waals surface area contributed by atoms with Crippen LogP contribution in [0.1, 0.15) is 58.9 Å². The number of para-hydroxylation sites is 1. The van der Waals surface area contributed by atoms with Gasteiger partial charge in [0.05, 0.1) is 0 Å². The quantitative estimate of drug-likeness (QED) is 0.818. The van der Waals surface area contributed by atoms with E-state index in [4.69, 9.17) is 4.74 Å². The predicted molar refractivity (Wildman–Crippen MR) is 103 cm³/mol. The molecule has 0 spiro atoms. The van der Waals surface area contributed by atoms with Crippen molar-refractivity contribution in [2.75, 3.05) is 26.2 Å². The van der Waals surface area contributed by atoms with Gasteiger partial charge in [-0.3, -0.25) is 4.79 Å². The number of amides is 1. The van der Waals surface area contributed by atoms with E-state index in [-0.39, 0.29) is 24.0 Å². The molecule has 0 aliphatic carbocycles. The lowest BCUT2D eigenvalue weighted by Crippen LogP contribution is -2.46. The van der Waals surface area contributed by atoms with Crippen LogP contribution < -0.4 is 10.1 Å². The molecule has 0 atom stereocenters. The Morgan fingerprint density at radius 3 is 2.56 bits per heavy atom. The highest BCUT2D eigenvalue weighted by molar-refractivity contribution is 5.77. The molecule has 0 saturated carbocycles. The molecule has 1 aromatic rings. The summed E-state index contributed by atoms with van der Waals surface area (Å²) in [4.78, 5) is 14.8. The molecule has 1 heterocycles. The van der Waals surface area contributed by atoms with Crippen LogP contribution in [-0.4, -0.2) is 43.1 Å². The van der Waals surface area contributed by atoms with Gasteiger partial charge < -0.3 is 15.0 Å². The number of carbonyl (C=O) groups is 1. The second kappa shape index (κ2) is 9.23. The first kappa shape index (κ1) is 19.8. The Kier molecular flexibility index (Phi) is 7.30. The van der Waals surface area contributed by atoms with Crippen LogP contribution in [0, 0.1) is 0 Å². The van der Waals surface area contributed by atoms with E-state index < -0.39 is 0 Å². The smallest absolute Gasteiger partial charge is 0.258 e. The van der Waals surface area contributed by atoms with Crippen molar-refractivity contribution in [3.8, 4) is 5.75 Å². The summed E-state index contributed by atoms with van der Waals surface area (Å²) in [5.74, 6) is 0.787. The zero-order chi connectivity index (χ0) is 18.3. The summed E-state index contributed by atoms with van der Waals surface area (Å²) in [6.07, 6.45) is 4.57. The van der Waals surface area contributed by atoms with Crippen LogP contribution >= 0.6 is 0 Å². The van der Waals surface area contributed by atoms with E-state index in [0.717, 1.165) is 37.2 Å². The van der Waals surface area contributed by atoms with Crippen molar-refractivity contribution < 1.29 is 9.53 Å². The first-order valence-electron chi connectivity index (χ1n) is 9.64. The number of unbranched alkanes of at least 4 members (excludes halogenated alkanes) is 1. The Balaban J connectivity index is 1.77. The number of rotatable bonds is 7. The van der Waals surface area contributed by atoms with Crippen LogP contribution in [0.5, 0.6) is 5.75 Å². The molecule has 0 unspecified atom stereocenters. The van der Waals surface area contributed by atoms with E-state index in [0.29, 0.717) is 0 Å². The van der Waals surface area contributed by atoms with Crippen molar-refractivity contribution in [2.45, 2.75) is 64.8 Å². The van der Waals surface area contributed by atoms with Crippen molar-refractivity contribution in [3.05, 3.63) is 29.8 Å². The molecular weight excluding hydrogens is 312 g/mol. The fourth-order valence-corrected chi connectivity index (χ4v) is 3.31. The fourth-order valence-electron chi connectivity index (χ4n) is 3.31. The van der Waals surface area contributed by atoms with E-state index in [1.807, 2.05) is 18.2 Å². The molecule has 0 radical (unpaired) electrons. The molecule has 0 aromatic heterocycles. The molecule has 1 saturated heterocycles. The number of nitrogens with one attached hydrogen (secondary N) is 1. The van der Waals surface area contributed by atoms with Gasteiger partial charge in [0.1, 0.15) is 5.75 Å². The number of nitrogens with zero attached hydrogens (tertiary/aromatic N) is 1. The van der Waals surface area contributed by atoms with E-state index >= 15 is 0 Å². The number of likely N-dealkylation sites (tertiary alicyclic amines) is 1. The highest BCUT2D eigenvalue weighted by atomic mass is 16.5. The minimum atomic E-state index is -0.0179. The van der Waals surface area contributed by atoms with Crippen LogP contribution in [0.4, 0.5) is 0 Å². The largest absolute Gasteiger partial charge is 0.483 e. The Labute approximate surface area is 152 Å². The summed E-state index contributed by atoms with van der Waals surface area (Å²) < 4.78 is 5.82. The molecule has 4 heteroatoms. The second-order valence-corrected chi connectivity index (χ2v) is 8.07. The molecule has 1 fully saturated rings. The van der Waals surface area contributed by atoms with Crippen LogP contribution in [0.25, 0.3) is 0 Å². The predicted octanol–water partition coefficient (Wildman–Crippen LogP) is 3.74. The van der Waals surface area contributed by atoms with E-state index in [9.17, 15) is 4.79 Å². The minimum absolute atomic E-state index is 0.00160. The molecule has 4 nitrogen and oxygen atoms in total. The maximum absolute atomic E-state index is 12.2. The van der Waals surface area contributed by atoms with Gasteiger partial charge in [0.15, 0.2) is 6.61 Å². The van der Waals surface area contributed by atoms with Crippen LogP contribution in [0.3, 0.4) is 0 Å². The normalized spacial score (nSPS) is 16.6. The standard InChI is InChI=1S/C21H34N2O2/c1-5-6-13-23-14-11-17(12-15-23)22-20(24)16-25-19-10-8-7-9-18(19)21(2,3)4/h7-10,17H,5-6,11-16H2,1-4H3,(H,22,24). The topological polar surface area (TPSA) is 41.6 Å². The van der Waals surface area contributed by atoms with Crippen molar-refractivity contribution >= 4 is 5.91 Å². The van der Waals surface area contributed by atoms with Crippen molar-refractivity contribution in [3.63, 3.8) is 0 Å². The van der Waals surface area contributed by atoms with Gasteiger partial charge in [-0.05, 0) is 42.9 Å². The number of ether oxygens (including phenoxy) is 1. The Morgan fingerprint density at radius 1 is 1.24 bits per heavy atom. The molecule has 1 N–H and O–H groups in total. The SMILES string of the molecule is CCCCN1CCC(NC(=O)COc2ccccc2C(C)(C)C)CC1. The van der Waals surface area contributed by atoms with Gasteiger partial charge in [-0.25, -0.2) is 0 Å². The summed E-state index contributed by atoms with van der Waals surface area (Å²) in [7, 11) is 0. The van der Waals surface area contributed by atoms with Gasteiger partial charge in [0.25, 0.3) is 5.91 Å². The molecular formula is C21H34N2O2. The van der Waals surface area contributed by atoms with E-state index in [1.54, 1.807) is 0 Å². The summed E-state index contributed by atoms with van der Waals surface area (Å²) in [5, 5.41) is 3.13. The van der Waals surface area contributed by atoms with Crippen LogP contribution in [0.15, 0.2) is 24.3 Å². The molecule has 1 aliphatic rings. The number of benzene rings is 1. The highest BCUT2D eigenvalue weighted by Crippen LogP contribution is 2.30. The molecule has 25 heavy (non-hydrogen) atoms. The maximum atomic E-state index is 12.2. The minimum Gasteiger partial charge on any atom is -0.483 e. The lowest BCUT2D eigenvalue weighted by atomic mass is 9.86. The van der Waals surface area contributed by atoms with Crippen LogP contribution in [0.2, 0.25) is 0 Å². The summed E-state index contributed by atoms with van der Waals surface area (Å²) in [6.45, 7) is 12.1. The summed E-state index contributed by atoms with van der Waals surface area (Å²) in [5.41, 5.74) is 1.13. The Bertz CT molecular complexity index is 543. The first-order valence-corrected chi connectivity index (χ1v) is 9.64. The number of carbonyl (C=O) groups excluding carboxylic acids is 1. The molecule has 1 amide bonds. The molecule has 1 aliphatic heterocycles. The summed E-state index contributed by atoms with van der Waals surface area (Å²) >= 11 is 0. The number of piperidine rings is 1. The van der Waals surface area contributed by atoms with Gasteiger partial charge in [-0.2, -0.15) is 0 Å². The van der Waals surface area contributed by atoms with E-state index in [2.05, 4.69) is 44.0 Å². The van der Waals surface area contributed by atoms with Gasteiger partial charge in [0, 0.05) is 19.1 Å². The van der Waals surface area contributed by atoms with Gasteiger partial charge in [-0.15, -0.1) is 0 Å². The van der Waals surface area contributed by atoms with Crippen molar-refractivity contribution in [1.29, 1.82) is 0 Å². The second-order valence-electron chi connectivity index (χ2n) is 8.07. The van der Waals surface area contributed by atoms with Gasteiger partial charge in [0.2, 0.25) is 0 Å². The maximum Gasteiger partial charge on any atom is 0.258 e. The van der Waals surface area contributed by atoms with E-state index in [1.165, 1.54) is 19.4 Å². The van der Waals surface area contributed by atoms with Gasteiger partial charge in [-0.1, -0.05) is 52.3 Å². The third kappa shape index (κ3) is 6.35. The average Bonchev–Trinajstić information content (AvgIpc) is 2.59. The summed E-state index contributed by atoms with van der Waals surface area (Å²) in [6, 6.07) is 8.26. The highest BCUT2D eigenvalue weighted by Gasteiger charge is 2.22. The average molecular weight is 347 g/mol. The van der Waals surface area contributed by atoms with Crippen molar-refractivity contribution in [2.24, 2.45) is 0 Å². The first-order chi connectivity index (χ1) is 11.9. The number of hydrogen-bond acceptors (Lipinski definition) is 3. The molecule has 0 bridgehead atoms. The monoisotopic (exact) mass is 346 g/mol. The lowest BCUT2D eigenvalue weighted by Gasteiger charge is -2.32. The third-order valence-electron chi connectivity index (χ3n) is 4.83. The molecule has 140 valence electrons. The zero-order valence-corrected chi connectivity index (χ0v) is 16.3. The Hall–Kier alpha value is -1.55. The zero-order valence-electron chi connectivity index (χ0n) is 16.3. The van der Waals surface area contributed by atoms with Crippen LogP contribution in [-0.2, 0) is 10.2 Å². The Morgan fingerprint density at radius 2 is 1.92 bits per heavy atom. The van der Waals surface area contributed by atoms with Gasteiger partial charge >= 0.3 is 0 Å².